The second-order valence-electron chi connectivity index (χ2n) is 5.64. The van der Waals surface area contributed by atoms with Crippen LogP contribution in [0.2, 0.25) is 5.02 Å². The number of aromatic nitrogens is 1. The minimum atomic E-state index is -0.179. The van der Waals surface area contributed by atoms with E-state index in [4.69, 9.17) is 11.6 Å². The molecule has 3 aromatic carbocycles. The van der Waals surface area contributed by atoms with E-state index in [1.54, 1.807) is 29.5 Å². The van der Waals surface area contributed by atoms with Crippen LogP contribution < -0.4 is 5.32 Å². The zero-order chi connectivity index (χ0) is 18.1. The first kappa shape index (κ1) is 17.2. The summed E-state index contributed by atoms with van der Waals surface area (Å²) in [7, 11) is 0. The van der Waals surface area contributed by atoms with Crippen LogP contribution in [0.5, 0.6) is 0 Å². The van der Waals surface area contributed by atoms with Crippen LogP contribution in [-0.2, 0) is 0 Å². The highest BCUT2D eigenvalue weighted by Gasteiger charge is 2.12. The lowest BCUT2D eigenvalue weighted by Crippen LogP contribution is -2.11. The molecule has 3 nitrogen and oxygen atoms in total. The van der Waals surface area contributed by atoms with Gasteiger partial charge in [0.2, 0.25) is 0 Å². The number of nitrogens with one attached hydrogen (secondary N) is 1. The van der Waals surface area contributed by atoms with Crippen LogP contribution in [0.1, 0.15) is 10.4 Å². The molecule has 0 atom stereocenters. The number of carbonyl (C=O) groups excluding carboxylic acids is 1. The summed E-state index contributed by atoms with van der Waals surface area (Å²) in [4.78, 5) is 17.0. The van der Waals surface area contributed by atoms with Crippen molar-refractivity contribution in [2.24, 2.45) is 0 Å². The molecular weight excluding hydrogens is 432 g/mol. The number of hydrogen-bond acceptors (Lipinski definition) is 3. The van der Waals surface area contributed by atoms with Gasteiger partial charge in [0.05, 0.1) is 15.2 Å². The Bertz CT molecular complexity index is 1080. The smallest absolute Gasteiger partial charge is 0.255 e. The predicted molar refractivity (Wildman–Crippen MR) is 112 cm³/mol. The lowest BCUT2D eigenvalue weighted by molar-refractivity contribution is 0.102. The number of nitrogens with zero attached hydrogens (tertiary/aromatic N) is 1. The zero-order valence-corrected chi connectivity index (χ0v) is 16.5. The fourth-order valence-electron chi connectivity index (χ4n) is 2.56. The van der Waals surface area contributed by atoms with Crippen molar-refractivity contribution in [2.75, 3.05) is 5.32 Å². The lowest BCUT2D eigenvalue weighted by Gasteiger charge is -2.08. The van der Waals surface area contributed by atoms with E-state index < -0.39 is 0 Å². The Kier molecular flexibility index (Phi) is 4.76. The molecule has 4 aromatic rings. The van der Waals surface area contributed by atoms with Crippen molar-refractivity contribution in [3.8, 4) is 10.6 Å². The predicted octanol–water partition coefficient (Wildman–Crippen LogP) is 6.63. The standard InChI is InChI=1S/C20H12BrClN2OS/c21-13-7-5-12(6-8-13)19(25)23-14-9-10-15(16(22)11-14)20-24-17-3-1-2-4-18(17)26-20/h1-11H,(H,23,25). The number of amides is 1. The Labute approximate surface area is 167 Å². The van der Waals surface area contributed by atoms with Crippen molar-refractivity contribution in [2.45, 2.75) is 0 Å². The fourth-order valence-corrected chi connectivity index (χ4v) is 4.15. The van der Waals surface area contributed by atoms with Crippen LogP contribution in [0.3, 0.4) is 0 Å². The summed E-state index contributed by atoms with van der Waals surface area (Å²) in [5.41, 5.74) is 3.04. The zero-order valence-electron chi connectivity index (χ0n) is 13.4. The van der Waals surface area contributed by atoms with E-state index in [1.165, 1.54) is 0 Å². The molecule has 0 saturated heterocycles. The third-order valence-corrected chi connectivity index (χ3v) is 5.77. The molecule has 0 unspecified atom stereocenters. The van der Waals surface area contributed by atoms with Crippen LogP contribution in [0, 0.1) is 0 Å². The second-order valence-corrected chi connectivity index (χ2v) is 8.00. The summed E-state index contributed by atoms with van der Waals surface area (Å²) < 4.78 is 2.04. The molecule has 0 saturated carbocycles. The lowest BCUT2D eigenvalue weighted by atomic mass is 10.2. The van der Waals surface area contributed by atoms with Gasteiger partial charge in [-0.3, -0.25) is 4.79 Å². The molecule has 0 aliphatic carbocycles. The molecule has 0 spiro atoms. The van der Waals surface area contributed by atoms with Gasteiger partial charge in [-0.15, -0.1) is 11.3 Å². The minimum absolute atomic E-state index is 0.179. The van der Waals surface area contributed by atoms with Crippen LogP contribution >= 0.6 is 38.9 Å². The molecule has 0 aliphatic heterocycles. The van der Waals surface area contributed by atoms with E-state index in [1.807, 2.05) is 48.5 Å². The van der Waals surface area contributed by atoms with Crippen molar-refractivity contribution in [1.82, 2.24) is 4.98 Å². The van der Waals surface area contributed by atoms with Crippen molar-refractivity contribution in [3.05, 3.63) is 81.8 Å². The molecule has 0 fully saturated rings. The summed E-state index contributed by atoms with van der Waals surface area (Å²) in [5, 5.41) is 4.28. The van der Waals surface area contributed by atoms with Gasteiger partial charge in [0.15, 0.2) is 0 Å². The topological polar surface area (TPSA) is 42.0 Å². The van der Waals surface area contributed by atoms with E-state index in [-0.39, 0.29) is 5.91 Å². The number of fused-ring (bicyclic) bond motifs is 1. The first-order valence-corrected chi connectivity index (χ1v) is 9.81. The van der Waals surface area contributed by atoms with Gasteiger partial charge < -0.3 is 5.32 Å². The van der Waals surface area contributed by atoms with Gasteiger partial charge in [-0.25, -0.2) is 4.98 Å². The number of halogens is 2. The molecule has 0 aliphatic rings. The molecule has 6 heteroatoms. The highest BCUT2D eigenvalue weighted by atomic mass is 79.9. The van der Waals surface area contributed by atoms with E-state index in [2.05, 4.69) is 26.2 Å². The molecule has 1 aromatic heterocycles. The Hall–Kier alpha value is -2.21. The average Bonchev–Trinajstić information content (AvgIpc) is 3.06. The highest BCUT2D eigenvalue weighted by Crippen LogP contribution is 2.35. The molecule has 1 heterocycles. The third-order valence-electron chi connectivity index (χ3n) is 3.86. The van der Waals surface area contributed by atoms with E-state index in [0.717, 1.165) is 25.3 Å². The van der Waals surface area contributed by atoms with Crippen molar-refractivity contribution >= 4 is 60.7 Å². The maximum absolute atomic E-state index is 12.3. The molecule has 0 bridgehead atoms. The summed E-state index contributed by atoms with van der Waals surface area (Å²) in [6, 6.07) is 20.6. The normalized spacial score (nSPS) is 10.8. The minimum Gasteiger partial charge on any atom is -0.322 e. The van der Waals surface area contributed by atoms with Crippen LogP contribution in [0.4, 0.5) is 5.69 Å². The number of carbonyl (C=O) groups is 1. The Morgan fingerprint density at radius 2 is 1.81 bits per heavy atom. The highest BCUT2D eigenvalue weighted by molar-refractivity contribution is 9.10. The Morgan fingerprint density at radius 3 is 2.54 bits per heavy atom. The average molecular weight is 444 g/mol. The molecule has 1 N–H and O–H groups in total. The van der Waals surface area contributed by atoms with Gasteiger partial charge in [-0.1, -0.05) is 39.7 Å². The number of rotatable bonds is 3. The van der Waals surface area contributed by atoms with Crippen molar-refractivity contribution < 1.29 is 4.79 Å². The Balaban J connectivity index is 1.59. The van der Waals surface area contributed by atoms with Gasteiger partial charge in [-0.2, -0.15) is 0 Å². The van der Waals surface area contributed by atoms with E-state index in [9.17, 15) is 4.79 Å². The van der Waals surface area contributed by atoms with Crippen molar-refractivity contribution in [1.29, 1.82) is 0 Å². The summed E-state index contributed by atoms with van der Waals surface area (Å²) in [6.45, 7) is 0. The van der Waals surface area contributed by atoms with Crippen molar-refractivity contribution in [3.63, 3.8) is 0 Å². The third kappa shape index (κ3) is 3.51. The monoisotopic (exact) mass is 442 g/mol. The summed E-state index contributed by atoms with van der Waals surface area (Å²) >= 11 is 11.4. The maximum atomic E-state index is 12.3. The molecule has 26 heavy (non-hydrogen) atoms. The van der Waals surface area contributed by atoms with Crippen LogP contribution in [0.15, 0.2) is 71.2 Å². The quantitative estimate of drug-likeness (QED) is 0.386. The van der Waals surface area contributed by atoms with Crippen LogP contribution in [0.25, 0.3) is 20.8 Å². The second kappa shape index (κ2) is 7.19. The number of thiazole rings is 1. The van der Waals surface area contributed by atoms with Gasteiger partial charge in [0.1, 0.15) is 5.01 Å². The number of anilines is 1. The van der Waals surface area contributed by atoms with Gasteiger partial charge in [-0.05, 0) is 54.6 Å². The first-order valence-electron chi connectivity index (χ1n) is 7.82. The number of para-hydroxylation sites is 1. The summed E-state index contributed by atoms with van der Waals surface area (Å²) in [6.07, 6.45) is 0. The largest absolute Gasteiger partial charge is 0.322 e. The molecule has 0 radical (unpaired) electrons. The van der Waals surface area contributed by atoms with Gasteiger partial charge in [0, 0.05) is 21.3 Å². The van der Waals surface area contributed by atoms with E-state index in [0.29, 0.717) is 16.3 Å². The molecular formula is C20H12BrClN2OS. The SMILES string of the molecule is O=C(Nc1ccc(-c2nc3ccccc3s2)c(Cl)c1)c1ccc(Br)cc1. The Morgan fingerprint density at radius 1 is 1.04 bits per heavy atom. The maximum Gasteiger partial charge on any atom is 0.255 e. The molecule has 1 amide bonds. The summed E-state index contributed by atoms with van der Waals surface area (Å²) in [5.74, 6) is -0.179. The van der Waals surface area contributed by atoms with E-state index >= 15 is 0 Å². The van der Waals surface area contributed by atoms with Crippen LogP contribution in [-0.4, -0.2) is 10.9 Å². The first-order chi connectivity index (χ1) is 12.6. The van der Waals surface area contributed by atoms with Gasteiger partial charge in [0.25, 0.3) is 5.91 Å². The number of benzene rings is 3. The molecule has 4 rings (SSSR count). The number of hydrogen-bond donors (Lipinski definition) is 1. The molecule has 128 valence electrons. The fraction of sp³-hybridized carbons (Fsp3) is 0. The van der Waals surface area contributed by atoms with Gasteiger partial charge >= 0.3 is 0 Å².